The van der Waals surface area contributed by atoms with Crippen LogP contribution < -0.4 is 0 Å². The summed E-state index contributed by atoms with van der Waals surface area (Å²) in [7, 11) is 0. The van der Waals surface area contributed by atoms with Crippen molar-refractivity contribution in [2.45, 2.75) is 37.5 Å². The summed E-state index contributed by atoms with van der Waals surface area (Å²) in [4.78, 5) is 32.2. The predicted octanol–water partition coefficient (Wildman–Crippen LogP) is 6.77. The molecule has 0 N–H and O–H groups in total. The van der Waals surface area contributed by atoms with Crippen LogP contribution in [0.3, 0.4) is 0 Å². The normalized spacial score (nSPS) is 20.3. The number of aromatic nitrogens is 1. The van der Waals surface area contributed by atoms with Crippen molar-refractivity contribution in [3.05, 3.63) is 112 Å². The van der Waals surface area contributed by atoms with Crippen molar-refractivity contribution in [3.8, 4) is 0 Å². The summed E-state index contributed by atoms with van der Waals surface area (Å²) in [6.45, 7) is -1.64. The maximum Gasteiger partial charge on any atom is 0.416 e. The summed E-state index contributed by atoms with van der Waals surface area (Å²) in [5.74, 6) is -0.778. The summed E-state index contributed by atoms with van der Waals surface area (Å²) in [6, 6.07) is 6.89. The lowest BCUT2D eigenvalue weighted by Gasteiger charge is -2.56. The quantitative estimate of drug-likeness (QED) is 0.322. The van der Waals surface area contributed by atoms with Crippen molar-refractivity contribution in [1.82, 2.24) is 25.0 Å². The molecule has 0 radical (unpaired) electrons. The van der Waals surface area contributed by atoms with Crippen molar-refractivity contribution in [3.63, 3.8) is 0 Å². The fourth-order valence-corrected chi connectivity index (χ4v) is 5.43. The van der Waals surface area contributed by atoms with Crippen LogP contribution in [0, 0.1) is 0 Å². The van der Waals surface area contributed by atoms with Gasteiger partial charge in [0, 0.05) is 11.8 Å². The SMILES string of the molecule is O=C1N(Cc2ccccc2C(F)(F)F)N(Cc2ccccc2C(F)(F)F)C(=O)N2C3C(F)=CC(c4ncccc43)N12. The van der Waals surface area contributed by atoms with E-state index < -0.39 is 77.7 Å². The standard InChI is InChI=1S/C27H18F7N5O2/c28-20-12-21-22-17(8-5-11-35-22)23(20)39-25(41)37(14-16-7-2-4-10-19(16)27(32,33)34)36(24(40)38(21)39)13-15-6-1-3-9-18(15)26(29,30)31/h1-12,21,23H,13-14H2. The third kappa shape index (κ3) is 4.24. The number of urea groups is 2. The molecule has 2 unspecified atom stereocenters. The number of rotatable bonds is 4. The van der Waals surface area contributed by atoms with Gasteiger partial charge in [0.2, 0.25) is 0 Å². The van der Waals surface area contributed by atoms with Gasteiger partial charge in [0.25, 0.3) is 0 Å². The second-order valence-electron chi connectivity index (χ2n) is 9.56. The van der Waals surface area contributed by atoms with E-state index in [-0.39, 0.29) is 11.3 Å². The van der Waals surface area contributed by atoms with E-state index in [0.29, 0.717) is 10.0 Å². The highest BCUT2D eigenvalue weighted by Crippen LogP contribution is 2.51. The highest BCUT2D eigenvalue weighted by molar-refractivity contribution is 5.88. The van der Waals surface area contributed by atoms with E-state index in [4.69, 9.17) is 0 Å². The summed E-state index contributed by atoms with van der Waals surface area (Å²) < 4.78 is 98.1. The van der Waals surface area contributed by atoms with Gasteiger partial charge in [-0.2, -0.15) is 26.3 Å². The van der Waals surface area contributed by atoms with Gasteiger partial charge >= 0.3 is 24.4 Å². The van der Waals surface area contributed by atoms with Gasteiger partial charge in [0.1, 0.15) is 17.9 Å². The molecule has 1 saturated heterocycles. The molecule has 3 aromatic rings. The zero-order valence-corrected chi connectivity index (χ0v) is 20.7. The van der Waals surface area contributed by atoms with Crippen LogP contribution >= 0.6 is 0 Å². The molecular formula is C27H18F7N5O2. The van der Waals surface area contributed by atoms with E-state index >= 15 is 4.39 Å². The molecule has 4 heterocycles. The van der Waals surface area contributed by atoms with Gasteiger partial charge in [0.15, 0.2) is 0 Å². The van der Waals surface area contributed by atoms with Gasteiger partial charge in [-0.1, -0.05) is 42.5 Å². The van der Waals surface area contributed by atoms with E-state index in [0.717, 1.165) is 52.5 Å². The van der Waals surface area contributed by atoms with Gasteiger partial charge in [0.05, 0.1) is 29.9 Å². The Hall–Kier alpha value is -4.62. The minimum atomic E-state index is -4.83. The maximum atomic E-state index is 15.2. The molecule has 4 amide bonds. The number of pyridine rings is 1. The molecule has 2 atom stereocenters. The van der Waals surface area contributed by atoms with Crippen LogP contribution in [0.15, 0.2) is 78.8 Å². The van der Waals surface area contributed by atoms with Crippen LogP contribution in [0.2, 0.25) is 0 Å². The number of amides is 4. The molecule has 2 bridgehead atoms. The first-order valence-electron chi connectivity index (χ1n) is 12.2. The van der Waals surface area contributed by atoms with Crippen LogP contribution in [0.5, 0.6) is 0 Å². The predicted molar refractivity (Wildman–Crippen MR) is 127 cm³/mol. The van der Waals surface area contributed by atoms with E-state index in [2.05, 4.69) is 4.98 Å². The second-order valence-corrected chi connectivity index (χ2v) is 9.56. The number of benzene rings is 2. The first kappa shape index (κ1) is 26.6. The molecule has 0 spiro atoms. The lowest BCUT2D eigenvalue weighted by atomic mass is 9.89. The largest absolute Gasteiger partial charge is 0.416 e. The second kappa shape index (κ2) is 9.21. The minimum Gasteiger partial charge on any atom is -0.258 e. The minimum absolute atomic E-state index is 0.266. The Bertz CT molecular complexity index is 1590. The molecule has 41 heavy (non-hydrogen) atoms. The molecule has 7 nitrogen and oxygen atoms in total. The molecule has 212 valence electrons. The van der Waals surface area contributed by atoms with Crippen molar-refractivity contribution < 1.29 is 40.3 Å². The van der Waals surface area contributed by atoms with Gasteiger partial charge in [-0.15, -0.1) is 0 Å². The Kier molecular flexibility index (Phi) is 5.97. The smallest absolute Gasteiger partial charge is 0.258 e. The zero-order valence-electron chi connectivity index (χ0n) is 20.7. The van der Waals surface area contributed by atoms with Crippen molar-refractivity contribution in [2.24, 2.45) is 0 Å². The number of alkyl halides is 6. The third-order valence-corrected chi connectivity index (χ3v) is 7.18. The Balaban J connectivity index is 1.49. The van der Waals surface area contributed by atoms with Crippen LogP contribution in [0.1, 0.15) is 45.6 Å². The average molecular weight is 577 g/mol. The first-order chi connectivity index (χ1) is 19.4. The topological polar surface area (TPSA) is 60.0 Å². The highest BCUT2D eigenvalue weighted by atomic mass is 19.4. The van der Waals surface area contributed by atoms with Crippen LogP contribution in [-0.4, -0.2) is 37.1 Å². The zero-order chi connectivity index (χ0) is 29.3. The van der Waals surface area contributed by atoms with Crippen LogP contribution in [0.4, 0.5) is 40.3 Å². The average Bonchev–Trinajstić information content (AvgIpc) is 2.92. The molecule has 2 aromatic carbocycles. The number of carbonyl (C=O) groups is 2. The van der Waals surface area contributed by atoms with E-state index in [9.17, 15) is 35.9 Å². The lowest BCUT2D eigenvalue weighted by Crippen LogP contribution is -2.71. The number of hydrogen-bond donors (Lipinski definition) is 0. The molecule has 1 aromatic heterocycles. The van der Waals surface area contributed by atoms with Crippen molar-refractivity contribution >= 4 is 12.1 Å². The summed E-state index contributed by atoms with van der Waals surface area (Å²) in [5, 5.41) is 2.95. The number of hydrogen-bond acceptors (Lipinski definition) is 3. The summed E-state index contributed by atoms with van der Waals surface area (Å²) >= 11 is 0. The molecule has 1 aliphatic carbocycles. The van der Waals surface area contributed by atoms with Crippen LogP contribution in [-0.2, 0) is 25.4 Å². The number of hydrazine groups is 2. The van der Waals surface area contributed by atoms with Gasteiger partial charge in [-0.3, -0.25) is 4.98 Å². The fraction of sp³-hybridized carbons (Fsp3) is 0.222. The Morgan fingerprint density at radius 3 is 1.76 bits per heavy atom. The Morgan fingerprint density at radius 2 is 1.22 bits per heavy atom. The molecule has 4 aliphatic rings. The van der Waals surface area contributed by atoms with E-state index in [1.165, 1.54) is 30.5 Å². The van der Waals surface area contributed by atoms with Crippen molar-refractivity contribution in [1.29, 1.82) is 0 Å². The van der Waals surface area contributed by atoms with Gasteiger partial charge < -0.3 is 0 Å². The third-order valence-electron chi connectivity index (χ3n) is 7.18. The van der Waals surface area contributed by atoms with Gasteiger partial charge in [-0.25, -0.2) is 34.0 Å². The fourth-order valence-electron chi connectivity index (χ4n) is 5.43. The maximum absolute atomic E-state index is 15.2. The van der Waals surface area contributed by atoms with Crippen LogP contribution in [0.25, 0.3) is 0 Å². The number of halogens is 7. The molecule has 3 aliphatic heterocycles. The Morgan fingerprint density at radius 1 is 0.707 bits per heavy atom. The molecule has 14 heteroatoms. The first-order valence-corrected chi connectivity index (χ1v) is 12.2. The van der Waals surface area contributed by atoms with Crippen molar-refractivity contribution in [2.75, 3.05) is 0 Å². The van der Waals surface area contributed by atoms with E-state index in [1.54, 1.807) is 0 Å². The lowest BCUT2D eigenvalue weighted by molar-refractivity contribution is -0.143. The molecular weight excluding hydrogens is 559 g/mol. The summed E-state index contributed by atoms with van der Waals surface area (Å²) in [5.41, 5.74) is -2.45. The molecule has 1 fully saturated rings. The molecule has 7 rings (SSSR count). The van der Waals surface area contributed by atoms with Gasteiger partial charge in [-0.05, 0) is 35.4 Å². The number of carbonyl (C=O) groups excluding carboxylic acids is 2. The van der Waals surface area contributed by atoms with E-state index in [1.807, 2.05) is 0 Å². The highest BCUT2D eigenvalue weighted by Gasteiger charge is 2.56. The Labute approximate surface area is 227 Å². The summed E-state index contributed by atoms with van der Waals surface area (Å²) in [6.07, 6.45) is -7.16. The number of nitrogens with zero attached hydrogens (tertiary/aromatic N) is 5. The monoisotopic (exact) mass is 577 g/mol. The molecule has 0 saturated carbocycles.